The third-order valence-electron chi connectivity index (χ3n) is 12.3. The van der Waals surface area contributed by atoms with E-state index in [-0.39, 0.29) is 0 Å². The summed E-state index contributed by atoms with van der Waals surface area (Å²) in [6, 6.07) is 72.6. The van der Waals surface area contributed by atoms with Crippen molar-refractivity contribution >= 4 is 105 Å². The van der Waals surface area contributed by atoms with Crippen molar-refractivity contribution in [2.24, 2.45) is 0 Å². The summed E-state index contributed by atoms with van der Waals surface area (Å²) in [5, 5.41) is 18.6. The summed E-state index contributed by atoms with van der Waals surface area (Å²) in [5.41, 5.74) is 12.3. The maximum absolute atomic E-state index is 9.59. The molecule has 10 aromatic carbocycles. The van der Waals surface area contributed by atoms with Crippen LogP contribution in [0.1, 0.15) is 5.56 Å². The van der Waals surface area contributed by atoms with Crippen LogP contribution < -0.4 is 9.80 Å². The van der Waals surface area contributed by atoms with Gasteiger partial charge in [0.25, 0.3) is 0 Å². The summed E-state index contributed by atoms with van der Waals surface area (Å²) in [6.07, 6.45) is 0. The molecule has 0 aliphatic heterocycles. The minimum absolute atomic E-state index is 0.587. The molecule has 0 saturated carbocycles. The lowest BCUT2D eigenvalue weighted by molar-refractivity contribution is 0.669. The van der Waals surface area contributed by atoms with E-state index in [0.717, 1.165) is 89.1 Å². The molecule has 0 aliphatic rings. The van der Waals surface area contributed by atoms with Crippen molar-refractivity contribution in [3.05, 3.63) is 223 Å². The molecule has 0 radical (unpaired) electrons. The van der Waals surface area contributed by atoms with E-state index >= 15 is 0 Å². The van der Waals surface area contributed by atoms with E-state index in [1.807, 2.05) is 48.5 Å². The maximum atomic E-state index is 9.59. The monoisotopic (exact) mass is 818 g/mol. The quantitative estimate of drug-likeness (QED) is 0.150. The molecule has 6 heteroatoms. The molecule has 12 aromatic rings. The van der Waals surface area contributed by atoms with Crippen molar-refractivity contribution in [3.8, 4) is 17.2 Å². The fourth-order valence-electron chi connectivity index (χ4n) is 9.21. The van der Waals surface area contributed by atoms with Gasteiger partial charge in [-0.15, -0.1) is 0 Å². The molecule has 0 fully saturated rings. The number of rotatable bonds is 7. The fourth-order valence-corrected chi connectivity index (χ4v) is 9.21. The van der Waals surface area contributed by atoms with Crippen molar-refractivity contribution in [2.45, 2.75) is 0 Å². The molecule has 0 unspecified atom stereocenters. The maximum Gasteiger partial charge on any atom is 0.187 e. The van der Waals surface area contributed by atoms with Crippen molar-refractivity contribution in [2.75, 3.05) is 9.80 Å². The van der Waals surface area contributed by atoms with E-state index in [9.17, 15) is 5.26 Å². The van der Waals surface area contributed by atoms with Crippen LogP contribution in [0.2, 0.25) is 0 Å². The summed E-state index contributed by atoms with van der Waals surface area (Å²) in [7, 11) is 0. The largest absolute Gasteiger partial charge is 0.456 e. The first kappa shape index (κ1) is 36.7. The minimum Gasteiger partial charge on any atom is -0.456 e. The molecular weight excluding hydrogens is 785 g/mol. The van der Waals surface area contributed by atoms with E-state index in [4.69, 9.17) is 15.4 Å². The molecule has 6 nitrogen and oxygen atoms in total. The zero-order chi connectivity index (χ0) is 42.7. The Hall–Kier alpha value is -9.10. The van der Waals surface area contributed by atoms with Crippen LogP contribution in [0.4, 0.5) is 39.8 Å². The molecule has 0 saturated heterocycles. The lowest BCUT2D eigenvalue weighted by Gasteiger charge is -2.26. The predicted molar refractivity (Wildman–Crippen MR) is 262 cm³/mol. The van der Waals surface area contributed by atoms with E-state index in [1.165, 1.54) is 21.5 Å². The summed E-state index contributed by atoms with van der Waals surface area (Å²) in [5.74, 6) is 0. The lowest BCUT2D eigenvalue weighted by Crippen LogP contribution is -2.10. The molecule has 12 rings (SSSR count). The fraction of sp³-hybridized carbons (Fsp3) is 0. The Balaban J connectivity index is 0.902. The average Bonchev–Trinajstić information content (AvgIpc) is 3.93. The number of hydrogen-bond acceptors (Lipinski definition) is 5. The number of hydrogen-bond donors (Lipinski definition) is 0. The Kier molecular flexibility index (Phi) is 8.50. The van der Waals surface area contributed by atoms with E-state index in [2.05, 4.69) is 178 Å². The first-order valence-electron chi connectivity index (χ1n) is 21.1. The summed E-state index contributed by atoms with van der Waals surface area (Å²) < 4.78 is 13.0. The predicted octanol–water partition coefficient (Wildman–Crippen LogP) is 16.8. The van der Waals surface area contributed by atoms with Gasteiger partial charge in [-0.2, -0.15) is 5.26 Å². The topological polar surface area (TPSA) is 60.9 Å². The highest BCUT2D eigenvalue weighted by molar-refractivity contribution is 6.20. The van der Waals surface area contributed by atoms with Gasteiger partial charge < -0.3 is 18.6 Å². The van der Waals surface area contributed by atoms with E-state index in [1.54, 1.807) is 0 Å². The molecule has 2 aromatic heterocycles. The standard InChI is InChI=1S/C58H34N4O2/c1-60-42-18-26-46(27-19-42)62(48-29-31-52-56(35-48)64-54-33-17-41-7-3-5-9-50(41)58(52)54)45-24-14-39(15-25-45)38-12-22-44(23-13-38)61(43-20-10-37(36-59)11-21-43)47-28-30-51-55(34-47)63-53-32-16-40-6-2-4-8-49(40)57(51)53/h2-35H. The van der Waals surface area contributed by atoms with E-state index < -0.39 is 0 Å². The van der Waals surface area contributed by atoms with Gasteiger partial charge in [0.2, 0.25) is 0 Å². The van der Waals surface area contributed by atoms with Crippen LogP contribution in [0.15, 0.2) is 215 Å². The van der Waals surface area contributed by atoms with Gasteiger partial charge in [-0.05, 0) is 130 Å². The first-order valence-corrected chi connectivity index (χ1v) is 21.1. The van der Waals surface area contributed by atoms with Crippen LogP contribution in [-0.2, 0) is 0 Å². The van der Waals surface area contributed by atoms with Gasteiger partial charge in [0, 0.05) is 67.8 Å². The molecule has 0 amide bonds. The van der Waals surface area contributed by atoms with E-state index in [0.29, 0.717) is 11.3 Å². The molecule has 0 aliphatic carbocycles. The van der Waals surface area contributed by atoms with Crippen LogP contribution in [0.25, 0.3) is 81.4 Å². The van der Waals surface area contributed by atoms with Crippen LogP contribution in [-0.4, -0.2) is 0 Å². The third kappa shape index (κ3) is 6.10. The normalized spacial score (nSPS) is 11.4. The first-order chi connectivity index (χ1) is 31.6. The molecule has 0 N–H and O–H groups in total. The second kappa shape index (κ2) is 14.8. The lowest BCUT2D eigenvalue weighted by atomic mass is 10.0. The second-order valence-corrected chi connectivity index (χ2v) is 15.9. The molecule has 2 heterocycles. The zero-order valence-corrected chi connectivity index (χ0v) is 34.2. The summed E-state index contributed by atoms with van der Waals surface area (Å²) in [6.45, 7) is 7.55. The number of nitrogens with zero attached hydrogens (tertiary/aromatic N) is 4. The Morgan fingerprint density at radius 3 is 1.23 bits per heavy atom. The highest BCUT2D eigenvalue weighted by Gasteiger charge is 2.19. The number of anilines is 6. The highest BCUT2D eigenvalue weighted by Crippen LogP contribution is 2.43. The Labute approximate surface area is 368 Å². The van der Waals surface area contributed by atoms with Crippen LogP contribution in [0.3, 0.4) is 0 Å². The van der Waals surface area contributed by atoms with Crippen LogP contribution in [0, 0.1) is 17.9 Å². The van der Waals surface area contributed by atoms with Crippen LogP contribution in [0.5, 0.6) is 0 Å². The van der Waals surface area contributed by atoms with Gasteiger partial charge in [0.15, 0.2) is 5.69 Å². The number of benzene rings is 10. The molecule has 298 valence electrons. The SMILES string of the molecule is [C-]#[N+]c1ccc(N(c2ccc(-c3ccc(N(c4ccc(C#N)cc4)c4ccc5c(c4)oc4ccc6ccccc6c45)cc3)cc2)c2ccc3c(c2)oc2ccc4ccccc4c23)cc1. The van der Waals surface area contributed by atoms with Gasteiger partial charge in [-0.3, -0.25) is 0 Å². The highest BCUT2D eigenvalue weighted by atomic mass is 16.3. The minimum atomic E-state index is 0.587. The number of nitriles is 1. The Bertz CT molecular complexity index is 3600. The van der Waals surface area contributed by atoms with Crippen molar-refractivity contribution in [3.63, 3.8) is 0 Å². The number of furan rings is 2. The van der Waals surface area contributed by atoms with Gasteiger partial charge >= 0.3 is 0 Å². The molecule has 0 bridgehead atoms. The Morgan fingerprint density at radius 2 is 0.797 bits per heavy atom. The van der Waals surface area contributed by atoms with Crippen molar-refractivity contribution in [1.82, 2.24) is 0 Å². The molecule has 0 atom stereocenters. The van der Waals surface area contributed by atoms with Crippen molar-refractivity contribution in [1.29, 1.82) is 5.26 Å². The van der Waals surface area contributed by atoms with Crippen LogP contribution >= 0.6 is 0 Å². The van der Waals surface area contributed by atoms with Crippen molar-refractivity contribution < 1.29 is 8.83 Å². The smallest absolute Gasteiger partial charge is 0.187 e. The van der Waals surface area contributed by atoms with Gasteiger partial charge in [-0.25, -0.2) is 4.85 Å². The average molecular weight is 819 g/mol. The molecular formula is C58H34N4O2. The van der Waals surface area contributed by atoms with Gasteiger partial charge in [-0.1, -0.05) is 97.1 Å². The second-order valence-electron chi connectivity index (χ2n) is 15.9. The molecule has 0 spiro atoms. The summed E-state index contributed by atoms with van der Waals surface area (Å²) >= 11 is 0. The Morgan fingerprint density at radius 1 is 0.391 bits per heavy atom. The zero-order valence-electron chi connectivity index (χ0n) is 34.2. The van der Waals surface area contributed by atoms with Gasteiger partial charge in [0.1, 0.15) is 22.3 Å². The molecule has 64 heavy (non-hydrogen) atoms. The third-order valence-corrected chi connectivity index (χ3v) is 12.3. The summed E-state index contributed by atoms with van der Waals surface area (Å²) in [4.78, 5) is 8.03. The number of fused-ring (bicyclic) bond motifs is 10. The van der Waals surface area contributed by atoms with Gasteiger partial charge in [0.05, 0.1) is 18.2 Å².